The van der Waals surface area contributed by atoms with Gasteiger partial charge in [-0.15, -0.1) is 0 Å². The topological polar surface area (TPSA) is 52.6 Å². The molecule has 6 heteroatoms. The Morgan fingerprint density at radius 3 is 2.74 bits per heavy atom. The fourth-order valence-corrected chi connectivity index (χ4v) is 3.06. The highest BCUT2D eigenvalue weighted by Gasteiger charge is 2.20. The molecule has 2 N–H and O–H groups in total. The molecular formula is C17H28ClN5. The molecule has 1 saturated heterocycles. The third-order valence-electron chi connectivity index (χ3n) is 4.35. The van der Waals surface area contributed by atoms with E-state index < -0.39 is 0 Å². The van der Waals surface area contributed by atoms with Gasteiger partial charge in [0.2, 0.25) is 0 Å². The van der Waals surface area contributed by atoms with Gasteiger partial charge in [-0.25, -0.2) is 4.98 Å². The van der Waals surface area contributed by atoms with E-state index in [1.807, 2.05) is 25.4 Å². The van der Waals surface area contributed by atoms with Gasteiger partial charge < -0.3 is 10.6 Å². The molecule has 0 saturated carbocycles. The van der Waals surface area contributed by atoms with Crippen LogP contribution in [0.15, 0.2) is 23.3 Å². The number of hydrogen-bond acceptors (Lipinski definition) is 3. The van der Waals surface area contributed by atoms with E-state index >= 15 is 0 Å². The maximum Gasteiger partial charge on any atom is 0.191 e. The van der Waals surface area contributed by atoms with E-state index in [0.29, 0.717) is 11.2 Å². The molecule has 1 aromatic rings. The van der Waals surface area contributed by atoms with Crippen LogP contribution >= 0.6 is 11.6 Å². The van der Waals surface area contributed by atoms with E-state index in [-0.39, 0.29) is 0 Å². The van der Waals surface area contributed by atoms with Crippen LogP contribution in [0.4, 0.5) is 0 Å². The van der Waals surface area contributed by atoms with Crippen LogP contribution in [0, 0.1) is 0 Å². The second-order valence-electron chi connectivity index (χ2n) is 5.92. The van der Waals surface area contributed by atoms with Gasteiger partial charge in [-0.2, -0.15) is 0 Å². The van der Waals surface area contributed by atoms with Crippen LogP contribution in [-0.4, -0.2) is 55.1 Å². The van der Waals surface area contributed by atoms with Crippen molar-refractivity contribution in [3.63, 3.8) is 0 Å². The molecule has 1 aromatic heterocycles. The number of nitrogens with zero attached hydrogens (tertiary/aromatic N) is 3. The lowest BCUT2D eigenvalue weighted by molar-refractivity contribution is 0.236. The van der Waals surface area contributed by atoms with Crippen LogP contribution in [0.3, 0.4) is 0 Å². The number of pyridine rings is 1. The summed E-state index contributed by atoms with van der Waals surface area (Å²) >= 11 is 5.80. The van der Waals surface area contributed by atoms with Crippen molar-refractivity contribution in [3.05, 3.63) is 29.0 Å². The highest BCUT2D eigenvalue weighted by Crippen LogP contribution is 2.13. The minimum Gasteiger partial charge on any atom is -0.356 e. The highest BCUT2D eigenvalue weighted by atomic mass is 35.5. The number of guanidine groups is 1. The van der Waals surface area contributed by atoms with Gasteiger partial charge >= 0.3 is 0 Å². The Balaban J connectivity index is 1.71. The second-order valence-corrected chi connectivity index (χ2v) is 6.31. The van der Waals surface area contributed by atoms with Crippen molar-refractivity contribution in [2.45, 2.75) is 38.6 Å². The molecular weight excluding hydrogens is 310 g/mol. The lowest BCUT2D eigenvalue weighted by Crippen LogP contribution is -2.46. The lowest BCUT2D eigenvalue weighted by Gasteiger charge is -2.27. The van der Waals surface area contributed by atoms with Crippen molar-refractivity contribution in [1.82, 2.24) is 20.5 Å². The van der Waals surface area contributed by atoms with Gasteiger partial charge in [0.1, 0.15) is 5.15 Å². The first-order chi connectivity index (χ1) is 11.2. The standard InChI is InChI=1S/C17H28ClN5/c1-3-15(23-10-4-5-11-23)13-22-17(19-2)20-9-8-14-6-7-16(18)21-12-14/h6-7,12,15H,3-5,8-11,13H2,1-2H3,(H2,19,20,22). The predicted molar refractivity (Wildman–Crippen MR) is 97.2 cm³/mol. The highest BCUT2D eigenvalue weighted by molar-refractivity contribution is 6.29. The van der Waals surface area contributed by atoms with Crippen molar-refractivity contribution in [2.75, 3.05) is 33.2 Å². The smallest absolute Gasteiger partial charge is 0.191 e. The van der Waals surface area contributed by atoms with Crippen LogP contribution in [0.5, 0.6) is 0 Å². The van der Waals surface area contributed by atoms with E-state index in [9.17, 15) is 0 Å². The molecule has 1 unspecified atom stereocenters. The summed E-state index contributed by atoms with van der Waals surface area (Å²) in [6.45, 7) is 6.49. The maximum absolute atomic E-state index is 5.80. The molecule has 2 heterocycles. The Hall–Kier alpha value is -1.33. The molecule has 23 heavy (non-hydrogen) atoms. The molecule has 0 aromatic carbocycles. The van der Waals surface area contributed by atoms with Crippen molar-refractivity contribution >= 4 is 17.6 Å². The van der Waals surface area contributed by atoms with Crippen LogP contribution in [0.2, 0.25) is 5.15 Å². The average Bonchev–Trinajstić information content (AvgIpc) is 3.10. The monoisotopic (exact) mass is 337 g/mol. The molecule has 0 spiro atoms. The number of nitrogens with one attached hydrogen (secondary N) is 2. The molecule has 1 aliphatic rings. The van der Waals surface area contributed by atoms with Crippen molar-refractivity contribution in [2.24, 2.45) is 4.99 Å². The Morgan fingerprint density at radius 2 is 2.13 bits per heavy atom. The number of likely N-dealkylation sites (tertiary alicyclic amines) is 1. The Morgan fingerprint density at radius 1 is 1.35 bits per heavy atom. The zero-order chi connectivity index (χ0) is 16.5. The first-order valence-corrected chi connectivity index (χ1v) is 8.89. The first-order valence-electron chi connectivity index (χ1n) is 8.52. The SMILES string of the molecule is CCC(CNC(=NC)NCCc1ccc(Cl)nc1)N1CCCC1. The summed E-state index contributed by atoms with van der Waals surface area (Å²) in [5.41, 5.74) is 1.17. The number of aliphatic imine (C=N–C) groups is 1. The molecule has 2 rings (SSSR count). The quantitative estimate of drug-likeness (QED) is 0.455. The minimum atomic E-state index is 0.534. The van der Waals surface area contributed by atoms with E-state index in [0.717, 1.165) is 25.5 Å². The summed E-state index contributed by atoms with van der Waals surface area (Å²) in [5.74, 6) is 0.865. The van der Waals surface area contributed by atoms with Gasteiger partial charge in [-0.1, -0.05) is 24.6 Å². The van der Waals surface area contributed by atoms with E-state index in [1.54, 1.807) is 0 Å². The van der Waals surface area contributed by atoms with E-state index in [1.165, 1.54) is 37.9 Å². The Bertz CT molecular complexity index is 482. The fourth-order valence-electron chi connectivity index (χ4n) is 2.95. The zero-order valence-corrected chi connectivity index (χ0v) is 14.9. The summed E-state index contributed by atoms with van der Waals surface area (Å²) in [6.07, 6.45) is 6.55. The molecule has 1 aliphatic heterocycles. The van der Waals surface area contributed by atoms with Crippen LogP contribution in [0.25, 0.3) is 0 Å². The molecule has 0 amide bonds. The van der Waals surface area contributed by atoms with Crippen LogP contribution < -0.4 is 10.6 Å². The summed E-state index contributed by atoms with van der Waals surface area (Å²) < 4.78 is 0. The van der Waals surface area contributed by atoms with Crippen molar-refractivity contribution in [3.8, 4) is 0 Å². The van der Waals surface area contributed by atoms with Crippen LogP contribution in [-0.2, 0) is 6.42 Å². The maximum atomic E-state index is 5.80. The van der Waals surface area contributed by atoms with Crippen LogP contribution in [0.1, 0.15) is 31.7 Å². The summed E-state index contributed by atoms with van der Waals surface area (Å²) in [7, 11) is 1.82. The third-order valence-corrected chi connectivity index (χ3v) is 4.58. The van der Waals surface area contributed by atoms with Crippen molar-refractivity contribution in [1.29, 1.82) is 0 Å². The molecule has 5 nitrogen and oxygen atoms in total. The fraction of sp³-hybridized carbons (Fsp3) is 0.647. The largest absolute Gasteiger partial charge is 0.356 e. The van der Waals surface area contributed by atoms with Gasteiger partial charge in [-0.3, -0.25) is 9.89 Å². The van der Waals surface area contributed by atoms with Gasteiger partial charge in [0.05, 0.1) is 0 Å². The normalized spacial score (nSPS) is 17.3. The summed E-state index contributed by atoms with van der Waals surface area (Å²) in [5, 5.41) is 7.35. The first kappa shape index (κ1) is 18.0. The lowest BCUT2D eigenvalue weighted by atomic mass is 10.2. The number of aromatic nitrogens is 1. The number of rotatable bonds is 7. The molecule has 128 valence electrons. The van der Waals surface area contributed by atoms with Gasteiger partial charge in [0.15, 0.2) is 5.96 Å². The molecule has 1 fully saturated rings. The molecule has 0 aliphatic carbocycles. The summed E-state index contributed by atoms with van der Waals surface area (Å²) in [6, 6.07) is 4.43. The van der Waals surface area contributed by atoms with Gasteiger partial charge in [-0.05, 0) is 50.4 Å². The average molecular weight is 338 g/mol. The number of halogens is 1. The van der Waals surface area contributed by atoms with Gasteiger partial charge in [0.25, 0.3) is 0 Å². The summed E-state index contributed by atoms with van der Waals surface area (Å²) in [4.78, 5) is 11.0. The Labute approximate surface area is 144 Å². The van der Waals surface area contributed by atoms with Crippen molar-refractivity contribution < 1.29 is 0 Å². The Kier molecular flexibility index (Phi) is 7.62. The third kappa shape index (κ3) is 5.99. The second kappa shape index (κ2) is 9.73. The molecule has 0 bridgehead atoms. The predicted octanol–water partition coefficient (Wildman–Crippen LogP) is 2.32. The molecule has 0 radical (unpaired) electrons. The van der Waals surface area contributed by atoms with Gasteiger partial charge in [0, 0.05) is 32.4 Å². The van der Waals surface area contributed by atoms with E-state index in [2.05, 4.69) is 32.4 Å². The zero-order valence-electron chi connectivity index (χ0n) is 14.2. The molecule has 1 atom stereocenters. The number of hydrogen-bond donors (Lipinski definition) is 2. The van der Waals surface area contributed by atoms with E-state index in [4.69, 9.17) is 11.6 Å². The minimum absolute atomic E-state index is 0.534.